The zero-order chi connectivity index (χ0) is 11.4. The number of rotatable bonds is 5. The van der Waals surface area contributed by atoms with Gasteiger partial charge in [-0.2, -0.15) is 0 Å². The molecule has 88 valence electrons. The molecule has 2 rings (SSSR count). The summed E-state index contributed by atoms with van der Waals surface area (Å²) in [6.45, 7) is 6.03. The second-order valence-electron chi connectivity index (χ2n) is 3.91. The van der Waals surface area contributed by atoms with Gasteiger partial charge in [-0.05, 0) is 26.0 Å². The Morgan fingerprint density at radius 2 is 2.50 bits per heavy atom. The van der Waals surface area contributed by atoms with E-state index in [9.17, 15) is 0 Å². The molecule has 1 atom stereocenters. The fourth-order valence-electron chi connectivity index (χ4n) is 1.78. The Morgan fingerprint density at radius 1 is 1.62 bits per heavy atom. The molecule has 3 nitrogen and oxygen atoms in total. The summed E-state index contributed by atoms with van der Waals surface area (Å²) < 4.78 is 5.65. The van der Waals surface area contributed by atoms with Gasteiger partial charge < -0.3 is 10.1 Å². The van der Waals surface area contributed by atoms with E-state index in [2.05, 4.69) is 23.3 Å². The smallest absolute Gasteiger partial charge is 0.114 e. The van der Waals surface area contributed by atoms with E-state index in [1.807, 2.05) is 13.1 Å². The van der Waals surface area contributed by atoms with Gasteiger partial charge in [0.2, 0.25) is 0 Å². The van der Waals surface area contributed by atoms with Crippen LogP contribution in [0.2, 0.25) is 0 Å². The molecule has 16 heavy (non-hydrogen) atoms. The zero-order valence-electron chi connectivity index (χ0n) is 9.82. The molecule has 0 amide bonds. The summed E-state index contributed by atoms with van der Waals surface area (Å²) in [6, 6.07) is 0.202. The van der Waals surface area contributed by atoms with Gasteiger partial charge in [0, 0.05) is 17.5 Å². The van der Waals surface area contributed by atoms with Crippen molar-refractivity contribution in [1.82, 2.24) is 10.3 Å². The van der Waals surface area contributed by atoms with Crippen LogP contribution in [0.1, 0.15) is 35.7 Å². The molecule has 0 saturated carbocycles. The Bertz CT molecular complexity index is 373. The van der Waals surface area contributed by atoms with E-state index in [1.165, 1.54) is 4.88 Å². The van der Waals surface area contributed by atoms with Crippen molar-refractivity contribution in [2.75, 3.05) is 13.2 Å². The summed E-state index contributed by atoms with van der Waals surface area (Å²) in [5.41, 5.74) is 0. The number of thiazole rings is 1. The molecule has 4 heteroatoms. The lowest BCUT2D eigenvalue weighted by atomic mass is 10.2. The van der Waals surface area contributed by atoms with Crippen molar-refractivity contribution in [2.45, 2.75) is 32.7 Å². The summed E-state index contributed by atoms with van der Waals surface area (Å²) in [5.74, 6) is 1.07. The van der Waals surface area contributed by atoms with E-state index >= 15 is 0 Å². The molecule has 0 aliphatic carbocycles. The second-order valence-corrected chi connectivity index (χ2v) is 5.18. The lowest BCUT2D eigenvalue weighted by Crippen LogP contribution is -2.23. The van der Waals surface area contributed by atoms with E-state index in [1.54, 1.807) is 11.3 Å². The molecular formula is C12H18N2OS. The zero-order valence-corrected chi connectivity index (χ0v) is 10.6. The number of nitrogens with zero attached hydrogens (tertiary/aromatic N) is 1. The summed E-state index contributed by atoms with van der Waals surface area (Å²) in [5, 5.41) is 4.63. The third-order valence-electron chi connectivity index (χ3n) is 2.54. The molecule has 0 spiro atoms. The van der Waals surface area contributed by atoms with Crippen LogP contribution in [0.4, 0.5) is 0 Å². The van der Waals surface area contributed by atoms with Gasteiger partial charge in [-0.3, -0.25) is 0 Å². The Hall–Kier alpha value is -0.870. The summed E-state index contributed by atoms with van der Waals surface area (Å²) in [6.07, 6.45) is 6.29. The second kappa shape index (κ2) is 5.46. The number of nitrogens with one attached hydrogen (secondary N) is 1. The van der Waals surface area contributed by atoms with Crippen LogP contribution < -0.4 is 5.32 Å². The van der Waals surface area contributed by atoms with Crippen molar-refractivity contribution in [3.63, 3.8) is 0 Å². The van der Waals surface area contributed by atoms with Gasteiger partial charge in [-0.1, -0.05) is 6.92 Å². The van der Waals surface area contributed by atoms with Gasteiger partial charge in [0.1, 0.15) is 11.8 Å². The average molecular weight is 238 g/mol. The standard InChI is InChI=1S/C12H18N2OS/c1-3-6-13-12(10-5-4-7-15-10)11-8-14-9(2)16-11/h5,8,12-13H,3-4,6-7H2,1-2H3. The van der Waals surface area contributed by atoms with Crippen molar-refractivity contribution >= 4 is 11.3 Å². The Labute approximate surface area is 101 Å². The maximum atomic E-state index is 5.65. The highest BCUT2D eigenvalue weighted by molar-refractivity contribution is 7.11. The van der Waals surface area contributed by atoms with E-state index in [-0.39, 0.29) is 6.04 Å². The monoisotopic (exact) mass is 238 g/mol. The average Bonchev–Trinajstić information content (AvgIpc) is 2.91. The summed E-state index contributed by atoms with van der Waals surface area (Å²) in [7, 11) is 0. The first-order valence-corrected chi connectivity index (χ1v) is 6.61. The predicted octanol–water partition coefficient (Wildman–Crippen LogP) is 2.80. The maximum Gasteiger partial charge on any atom is 0.114 e. The lowest BCUT2D eigenvalue weighted by molar-refractivity contribution is 0.216. The van der Waals surface area contributed by atoms with Gasteiger partial charge in [0.25, 0.3) is 0 Å². The van der Waals surface area contributed by atoms with Crippen molar-refractivity contribution in [2.24, 2.45) is 0 Å². The molecule has 1 aromatic heterocycles. The number of aryl methyl sites for hydroxylation is 1. The number of hydrogen-bond donors (Lipinski definition) is 1. The van der Waals surface area contributed by atoms with Crippen LogP contribution in [-0.4, -0.2) is 18.1 Å². The molecule has 0 fully saturated rings. The minimum Gasteiger partial charge on any atom is -0.496 e. The van der Waals surface area contributed by atoms with Crippen molar-refractivity contribution < 1.29 is 4.74 Å². The Balaban J connectivity index is 2.13. The summed E-state index contributed by atoms with van der Waals surface area (Å²) >= 11 is 1.74. The van der Waals surface area contributed by atoms with Gasteiger partial charge in [-0.25, -0.2) is 4.98 Å². The normalized spacial score (nSPS) is 17.0. The van der Waals surface area contributed by atoms with Crippen LogP contribution in [-0.2, 0) is 4.74 Å². The summed E-state index contributed by atoms with van der Waals surface area (Å²) in [4.78, 5) is 5.56. The number of hydrogen-bond acceptors (Lipinski definition) is 4. The van der Waals surface area contributed by atoms with Crippen molar-refractivity contribution in [1.29, 1.82) is 0 Å². The third-order valence-corrected chi connectivity index (χ3v) is 3.52. The molecule has 0 bridgehead atoms. The molecular weight excluding hydrogens is 220 g/mol. The van der Waals surface area contributed by atoms with Crippen molar-refractivity contribution in [3.8, 4) is 0 Å². The highest BCUT2D eigenvalue weighted by Crippen LogP contribution is 2.29. The molecule has 1 aromatic rings. The molecule has 1 unspecified atom stereocenters. The van der Waals surface area contributed by atoms with Gasteiger partial charge in [0.05, 0.1) is 11.6 Å². The molecule has 2 heterocycles. The van der Waals surface area contributed by atoms with E-state index < -0.39 is 0 Å². The molecule has 1 aliphatic heterocycles. The molecule has 1 aliphatic rings. The van der Waals surface area contributed by atoms with Gasteiger partial charge >= 0.3 is 0 Å². The van der Waals surface area contributed by atoms with Crippen LogP contribution in [0.5, 0.6) is 0 Å². The van der Waals surface area contributed by atoms with E-state index in [0.29, 0.717) is 0 Å². The van der Waals surface area contributed by atoms with Gasteiger partial charge in [-0.15, -0.1) is 11.3 Å². The van der Waals surface area contributed by atoms with E-state index in [0.717, 1.165) is 36.8 Å². The maximum absolute atomic E-state index is 5.65. The predicted molar refractivity (Wildman–Crippen MR) is 66.5 cm³/mol. The minimum absolute atomic E-state index is 0.202. The quantitative estimate of drug-likeness (QED) is 0.856. The highest BCUT2D eigenvalue weighted by Gasteiger charge is 2.21. The molecule has 0 aromatic carbocycles. The van der Waals surface area contributed by atoms with Crippen LogP contribution in [0, 0.1) is 6.92 Å². The lowest BCUT2D eigenvalue weighted by Gasteiger charge is -2.17. The van der Waals surface area contributed by atoms with E-state index in [4.69, 9.17) is 4.74 Å². The van der Waals surface area contributed by atoms with Crippen LogP contribution in [0.15, 0.2) is 18.0 Å². The number of aromatic nitrogens is 1. The van der Waals surface area contributed by atoms with Gasteiger partial charge in [0.15, 0.2) is 0 Å². The fourth-order valence-corrected chi connectivity index (χ4v) is 2.65. The highest BCUT2D eigenvalue weighted by atomic mass is 32.1. The third kappa shape index (κ3) is 2.62. The first-order chi connectivity index (χ1) is 7.81. The Kier molecular flexibility index (Phi) is 3.96. The first kappa shape index (κ1) is 11.6. The topological polar surface area (TPSA) is 34.1 Å². The number of ether oxygens (including phenoxy) is 1. The molecule has 0 saturated heterocycles. The fraction of sp³-hybridized carbons (Fsp3) is 0.583. The molecule has 0 radical (unpaired) electrons. The SMILES string of the molecule is CCCNC(C1=CCCO1)c1cnc(C)s1. The van der Waals surface area contributed by atoms with Crippen LogP contribution >= 0.6 is 11.3 Å². The van der Waals surface area contributed by atoms with Crippen LogP contribution in [0.3, 0.4) is 0 Å². The van der Waals surface area contributed by atoms with Crippen molar-refractivity contribution in [3.05, 3.63) is 27.9 Å². The minimum atomic E-state index is 0.202. The first-order valence-electron chi connectivity index (χ1n) is 5.80. The largest absolute Gasteiger partial charge is 0.496 e. The van der Waals surface area contributed by atoms with Crippen LogP contribution in [0.25, 0.3) is 0 Å². The Morgan fingerprint density at radius 3 is 3.06 bits per heavy atom. The molecule has 1 N–H and O–H groups in total.